The summed E-state index contributed by atoms with van der Waals surface area (Å²) in [6.07, 6.45) is 0. The molecule has 0 radical (unpaired) electrons. The van der Waals surface area contributed by atoms with Gasteiger partial charge in [0.1, 0.15) is 6.49 Å². The first-order valence-corrected chi connectivity index (χ1v) is 6.84. The zero-order chi connectivity index (χ0) is 7.47. The molecule has 3 saturated heterocycles. The maximum atomic E-state index is 5.75. The van der Waals surface area contributed by atoms with Crippen molar-refractivity contribution in [2.24, 2.45) is 0 Å². The van der Waals surface area contributed by atoms with E-state index in [1.165, 1.54) is 39.3 Å². The maximum absolute atomic E-state index is 5.75. The largest absolute Gasteiger partial charge is 0.249 e. The van der Waals surface area contributed by atoms with Crippen LogP contribution in [-0.4, -0.2) is 53.3 Å². The molecule has 0 aliphatic carbocycles. The predicted molar refractivity (Wildman–Crippen MR) is 49.0 cm³/mol. The molecule has 3 aliphatic rings. The summed E-state index contributed by atoms with van der Waals surface area (Å²) in [5.41, 5.74) is 0. The fraction of sp³-hybridized carbons (Fsp3) is 1.00. The molecule has 3 aliphatic heterocycles. The number of rotatable bonds is 3. The van der Waals surface area contributed by atoms with Crippen LogP contribution in [0.15, 0.2) is 0 Å². The first-order chi connectivity index (χ1) is 5.32. The summed E-state index contributed by atoms with van der Waals surface area (Å²) in [7, 11) is 0. The van der Waals surface area contributed by atoms with Gasteiger partial charge in [0.25, 0.3) is 0 Å². The van der Waals surface area contributed by atoms with Gasteiger partial charge in [-0.2, -0.15) is 0 Å². The quantitative estimate of drug-likeness (QED) is 0.515. The topological polar surface area (TPSA) is 9.03 Å². The van der Waals surface area contributed by atoms with E-state index in [2.05, 4.69) is 14.0 Å². The summed E-state index contributed by atoms with van der Waals surface area (Å²) in [6, 6.07) is 0. The average Bonchev–Trinajstić information content (AvgIpc) is 2.81. The van der Waals surface area contributed by atoms with Gasteiger partial charge in [-0.15, -0.1) is 0 Å². The molecule has 0 aromatic rings. The van der Waals surface area contributed by atoms with E-state index in [1.54, 1.807) is 0 Å². The Bertz CT molecular complexity index is 199. The Hall–Kier alpha value is 1.22. The van der Waals surface area contributed by atoms with Crippen LogP contribution in [-0.2, 0) is 32.9 Å². The normalized spacial score (nSPS) is 29.7. The van der Waals surface area contributed by atoms with Crippen molar-refractivity contribution in [1.82, 2.24) is 14.0 Å². The summed E-state index contributed by atoms with van der Waals surface area (Å²) in [6.45, 7) is 6.26. The Balaban J connectivity index is 0.000000563. The van der Waals surface area contributed by atoms with Gasteiger partial charge in [-0.3, -0.25) is 0 Å². The van der Waals surface area contributed by atoms with Crippen LogP contribution in [0, 0.1) is 0 Å². The number of nitrogens with zero attached hydrogens (tertiary/aromatic N) is 3. The van der Waals surface area contributed by atoms with E-state index < -0.39 is 6.49 Å². The van der Waals surface area contributed by atoms with E-state index in [9.17, 15) is 0 Å². The Morgan fingerprint density at radius 2 is 1.00 bits per heavy atom. The van der Waals surface area contributed by atoms with Gasteiger partial charge in [0.05, 0.1) is 0 Å². The molecule has 0 N–H and O–H groups in total. The van der Waals surface area contributed by atoms with Gasteiger partial charge in [0, 0.05) is 60.3 Å². The molecule has 0 aromatic carbocycles. The molecule has 0 saturated carbocycles. The second-order valence-electron chi connectivity index (χ2n) is 3.37. The molecule has 12 heavy (non-hydrogen) atoms. The van der Waals surface area contributed by atoms with Gasteiger partial charge in [0.2, 0.25) is 0 Å². The molecule has 3 rings (SSSR count). The van der Waals surface area contributed by atoms with Crippen LogP contribution in [0.4, 0.5) is 0 Å². The van der Waals surface area contributed by atoms with Crippen LogP contribution in [0.25, 0.3) is 0 Å². The summed E-state index contributed by atoms with van der Waals surface area (Å²) in [4.78, 5) is 0. The molecular weight excluding hydrogens is 361 g/mol. The van der Waals surface area contributed by atoms with Crippen LogP contribution < -0.4 is 0 Å². The zero-order valence-corrected chi connectivity index (χ0v) is 11.5. The Morgan fingerprint density at radius 3 is 1.17 bits per heavy atom. The van der Waals surface area contributed by atoms with Crippen LogP contribution in [0.3, 0.4) is 0 Å². The molecular formula is C6H12N3PSW. The second kappa shape index (κ2) is 3.11. The summed E-state index contributed by atoms with van der Waals surface area (Å²) in [5, 5.41) is 0. The molecule has 0 bridgehead atoms. The fourth-order valence-electron chi connectivity index (χ4n) is 1.45. The molecule has 6 heteroatoms. The van der Waals surface area contributed by atoms with Gasteiger partial charge in [-0.25, -0.2) is 14.0 Å². The van der Waals surface area contributed by atoms with Crippen molar-refractivity contribution < 1.29 is 21.1 Å². The molecule has 0 unspecified atom stereocenters. The smallest absolute Gasteiger partial charge is 0.145 e. The van der Waals surface area contributed by atoms with Crippen molar-refractivity contribution >= 4 is 18.3 Å². The Kier molecular flexibility index (Phi) is 2.53. The minimum Gasteiger partial charge on any atom is -0.249 e. The molecule has 0 atom stereocenters. The van der Waals surface area contributed by atoms with Gasteiger partial charge in [0.15, 0.2) is 0 Å². The van der Waals surface area contributed by atoms with E-state index in [1.807, 2.05) is 0 Å². The number of hydrogen-bond donors (Lipinski definition) is 0. The predicted octanol–water partition coefficient (Wildman–Crippen LogP) is 0.155. The standard InChI is InChI=1S/C6H12N3PS.W/c11-10(7-1-2-7,8-3-4-8)9-5-6-9;/h1-6H2;. The van der Waals surface area contributed by atoms with E-state index in [0.717, 1.165) is 0 Å². The summed E-state index contributed by atoms with van der Waals surface area (Å²) < 4.78 is 7.47. The Morgan fingerprint density at radius 1 is 0.750 bits per heavy atom. The minimum atomic E-state index is -1.27. The Labute approximate surface area is 92.5 Å². The van der Waals surface area contributed by atoms with Crippen molar-refractivity contribution in [2.75, 3.05) is 39.3 Å². The van der Waals surface area contributed by atoms with Crippen molar-refractivity contribution in [3.8, 4) is 0 Å². The first kappa shape index (κ1) is 9.76. The van der Waals surface area contributed by atoms with E-state index >= 15 is 0 Å². The molecule has 3 heterocycles. The monoisotopic (exact) mass is 373 g/mol. The SMILES string of the molecule is S=P(N1CC1)(N1CC1)N1CC1.[W]. The summed E-state index contributed by atoms with van der Waals surface area (Å²) in [5.74, 6) is 0. The third-order valence-corrected chi connectivity index (χ3v) is 7.87. The van der Waals surface area contributed by atoms with Gasteiger partial charge < -0.3 is 0 Å². The molecule has 3 fully saturated rings. The van der Waals surface area contributed by atoms with Gasteiger partial charge in [-0.05, 0) is 11.8 Å². The van der Waals surface area contributed by atoms with E-state index in [-0.39, 0.29) is 21.1 Å². The average molecular weight is 373 g/mol. The fourth-order valence-corrected chi connectivity index (χ4v) is 5.83. The third kappa shape index (κ3) is 1.47. The maximum Gasteiger partial charge on any atom is 0.145 e. The zero-order valence-electron chi connectivity index (χ0n) is 6.85. The minimum absolute atomic E-state index is 0. The van der Waals surface area contributed by atoms with Crippen LogP contribution in [0.1, 0.15) is 0 Å². The molecule has 3 nitrogen and oxygen atoms in total. The van der Waals surface area contributed by atoms with Crippen molar-refractivity contribution in [3.63, 3.8) is 0 Å². The van der Waals surface area contributed by atoms with Crippen molar-refractivity contribution in [3.05, 3.63) is 0 Å². The molecule has 0 amide bonds. The molecule has 0 spiro atoms. The number of hydrogen-bond acceptors (Lipinski definition) is 1. The van der Waals surface area contributed by atoms with Crippen LogP contribution in [0.2, 0.25) is 0 Å². The third-order valence-electron chi connectivity index (χ3n) is 2.38. The van der Waals surface area contributed by atoms with Crippen LogP contribution in [0.5, 0.6) is 0 Å². The summed E-state index contributed by atoms with van der Waals surface area (Å²) >= 11 is 5.75. The molecule has 68 valence electrons. The van der Waals surface area contributed by atoms with Crippen LogP contribution >= 0.6 is 6.49 Å². The van der Waals surface area contributed by atoms with E-state index in [0.29, 0.717) is 0 Å². The molecule has 0 aromatic heterocycles. The van der Waals surface area contributed by atoms with Crippen molar-refractivity contribution in [1.29, 1.82) is 0 Å². The van der Waals surface area contributed by atoms with E-state index in [4.69, 9.17) is 11.8 Å². The van der Waals surface area contributed by atoms with Gasteiger partial charge >= 0.3 is 0 Å². The van der Waals surface area contributed by atoms with Crippen molar-refractivity contribution in [2.45, 2.75) is 0 Å². The second-order valence-corrected chi connectivity index (χ2v) is 7.57. The van der Waals surface area contributed by atoms with Gasteiger partial charge in [-0.1, -0.05) is 0 Å². The first-order valence-electron chi connectivity index (χ1n) is 4.18.